The maximum atomic E-state index is 12.0. The number of nitrogens with zero attached hydrogens (tertiary/aromatic N) is 2. The fourth-order valence-electron chi connectivity index (χ4n) is 1.83. The summed E-state index contributed by atoms with van der Waals surface area (Å²) in [5, 5.41) is 17.9. The first-order valence-corrected chi connectivity index (χ1v) is 5.97. The highest BCUT2D eigenvalue weighted by molar-refractivity contribution is 5.81. The third-order valence-electron chi connectivity index (χ3n) is 2.87. The molecule has 16 heavy (non-hydrogen) atoms. The average molecular weight is 226 g/mol. The highest BCUT2D eigenvalue weighted by atomic mass is 16.3. The van der Waals surface area contributed by atoms with Gasteiger partial charge in [-0.25, -0.2) is 0 Å². The number of nitriles is 1. The molecule has 0 aliphatic carbocycles. The van der Waals surface area contributed by atoms with Crippen LogP contribution in [0, 0.1) is 17.2 Å². The van der Waals surface area contributed by atoms with Crippen LogP contribution in [0.1, 0.15) is 40.0 Å². The molecule has 1 unspecified atom stereocenters. The van der Waals surface area contributed by atoms with E-state index in [0.717, 1.165) is 12.8 Å². The van der Waals surface area contributed by atoms with Crippen molar-refractivity contribution in [3.63, 3.8) is 0 Å². The minimum Gasteiger partial charge on any atom is -0.395 e. The molecule has 0 fully saturated rings. The summed E-state index contributed by atoms with van der Waals surface area (Å²) >= 11 is 0. The molecule has 0 saturated heterocycles. The molecular weight excluding hydrogens is 204 g/mol. The normalized spacial score (nSPS) is 12.2. The van der Waals surface area contributed by atoms with Crippen molar-refractivity contribution in [2.24, 2.45) is 5.92 Å². The quantitative estimate of drug-likeness (QED) is 0.716. The van der Waals surface area contributed by atoms with E-state index in [-0.39, 0.29) is 18.6 Å². The van der Waals surface area contributed by atoms with Crippen molar-refractivity contribution in [1.82, 2.24) is 4.90 Å². The third kappa shape index (κ3) is 3.82. The number of rotatable bonds is 7. The molecule has 4 nitrogen and oxygen atoms in total. The van der Waals surface area contributed by atoms with E-state index in [1.54, 1.807) is 4.90 Å². The molecule has 0 aliphatic heterocycles. The fourth-order valence-corrected chi connectivity index (χ4v) is 1.83. The largest absolute Gasteiger partial charge is 0.395 e. The van der Waals surface area contributed by atoms with Gasteiger partial charge in [0.15, 0.2) is 0 Å². The Morgan fingerprint density at radius 2 is 1.88 bits per heavy atom. The van der Waals surface area contributed by atoms with Crippen LogP contribution in [0.5, 0.6) is 0 Å². The van der Waals surface area contributed by atoms with E-state index < -0.39 is 5.92 Å². The highest BCUT2D eigenvalue weighted by Crippen LogP contribution is 2.14. The molecule has 1 N–H and O–H groups in total. The van der Waals surface area contributed by atoms with Gasteiger partial charge < -0.3 is 10.0 Å². The molecule has 0 aromatic carbocycles. The van der Waals surface area contributed by atoms with Gasteiger partial charge in [-0.3, -0.25) is 4.79 Å². The number of carbonyl (C=O) groups excluding carboxylic acids is 1. The lowest BCUT2D eigenvalue weighted by Crippen LogP contribution is -2.44. The Kier molecular flexibility index (Phi) is 7.57. The van der Waals surface area contributed by atoms with E-state index in [1.165, 1.54) is 0 Å². The van der Waals surface area contributed by atoms with Crippen LogP contribution < -0.4 is 0 Å². The minimum atomic E-state index is -0.577. The van der Waals surface area contributed by atoms with E-state index in [0.29, 0.717) is 13.0 Å². The lowest BCUT2D eigenvalue weighted by Gasteiger charge is -2.31. The zero-order valence-corrected chi connectivity index (χ0v) is 10.4. The zero-order valence-electron chi connectivity index (χ0n) is 10.4. The van der Waals surface area contributed by atoms with Gasteiger partial charge >= 0.3 is 0 Å². The predicted molar refractivity (Wildman–Crippen MR) is 62.6 cm³/mol. The Hall–Kier alpha value is -1.08. The summed E-state index contributed by atoms with van der Waals surface area (Å²) < 4.78 is 0. The van der Waals surface area contributed by atoms with E-state index in [1.807, 2.05) is 26.8 Å². The first kappa shape index (κ1) is 14.9. The van der Waals surface area contributed by atoms with E-state index >= 15 is 0 Å². The summed E-state index contributed by atoms with van der Waals surface area (Å²) in [6.07, 6.45) is 2.23. The molecule has 0 radical (unpaired) electrons. The zero-order chi connectivity index (χ0) is 12.6. The fraction of sp³-hybridized carbons (Fsp3) is 0.833. The minimum absolute atomic E-state index is 0.0515. The third-order valence-corrected chi connectivity index (χ3v) is 2.87. The molecule has 0 aromatic heterocycles. The second-order valence-electron chi connectivity index (χ2n) is 3.82. The standard InChI is InChI=1S/C12H22N2O2/c1-4-10(9-13)12(16)14(7-8-15)11(5-2)6-3/h10-11,15H,4-8H2,1-3H3. The monoisotopic (exact) mass is 226 g/mol. The molecule has 0 rings (SSSR count). The van der Waals surface area contributed by atoms with Gasteiger partial charge in [-0.05, 0) is 19.3 Å². The summed E-state index contributed by atoms with van der Waals surface area (Å²) in [6.45, 7) is 6.13. The van der Waals surface area contributed by atoms with Crippen molar-refractivity contribution >= 4 is 5.91 Å². The van der Waals surface area contributed by atoms with Crippen molar-refractivity contribution in [1.29, 1.82) is 5.26 Å². The van der Waals surface area contributed by atoms with Gasteiger partial charge in [-0.1, -0.05) is 20.8 Å². The average Bonchev–Trinajstić information content (AvgIpc) is 2.30. The molecule has 0 heterocycles. The summed E-state index contributed by atoms with van der Waals surface area (Å²) in [6, 6.07) is 2.15. The van der Waals surface area contributed by atoms with Crippen LogP contribution in [0.2, 0.25) is 0 Å². The van der Waals surface area contributed by atoms with Gasteiger partial charge in [0.2, 0.25) is 5.91 Å². The maximum absolute atomic E-state index is 12.0. The van der Waals surface area contributed by atoms with Gasteiger partial charge in [-0.2, -0.15) is 5.26 Å². The van der Waals surface area contributed by atoms with Gasteiger partial charge in [-0.15, -0.1) is 0 Å². The van der Waals surface area contributed by atoms with Gasteiger partial charge in [0, 0.05) is 12.6 Å². The molecular formula is C12H22N2O2. The summed E-state index contributed by atoms with van der Waals surface area (Å²) in [5.74, 6) is -0.722. The van der Waals surface area contributed by atoms with E-state index in [2.05, 4.69) is 0 Å². The van der Waals surface area contributed by atoms with Gasteiger partial charge in [0.05, 0.1) is 12.7 Å². The molecule has 4 heteroatoms. The Labute approximate surface area is 97.9 Å². The second-order valence-corrected chi connectivity index (χ2v) is 3.82. The highest BCUT2D eigenvalue weighted by Gasteiger charge is 2.26. The van der Waals surface area contributed by atoms with Crippen LogP contribution in [0.4, 0.5) is 0 Å². The molecule has 0 aromatic rings. The number of carbonyl (C=O) groups is 1. The Morgan fingerprint density at radius 3 is 2.19 bits per heavy atom. The van der Waals surface area contributed by atoms with Crippen LogP contribution in [-0.2, 0) is 4.79 Å². The van der Waals surface area contributed by atoms with Crippen LogP contribution in [0.25, 0.3) is 0 Å². The van der Waals surface area contributed by atoms with Gasteiger partial charge in [0.1, 0.15) is 5.92 Å². The smallest absolute Gasteiger partial charge is 0.240 e. The van der Waals surface area contributed by atoms with Crippen molar-refractivity contribution < 1.29 is 9.90 Å². The molecule has 0 spiro atoms. The number of hydrogen-bond acceptors (Lipinski definition) is 3. The van der Waals surface area contributed by atoms with E-state index in [9.17, 15) is 4.79 Å². The SMILES string of the molecule is CCC(C#N)C(=O)N(CCO)C(CC)CC. The maximum Gasteiger partial charge on any atom is 0.240 e. The van der Waals surface area contributed by atoms with Gasteiger partial charge in [0.25, 0.3) is 0 Å². The first-order valence-electron chi connectivity index (χ1n) is 5.97. The van der Waals surface area contributed by atoms with Crippen molar-refractivity contribution in [2.45, 2.75) is 46.1 Å². The van der Waals surface area contributed by atoms with Crippen molar-refractivity contribution in [2.75, 3.05) is 13.2 Å². The molecule has 0 aliphatic rings. The van der Waals surface area contributed by atoms with Crippen LogP contribution in [0.3, 0.4) is 0 Å². The van der Waals surface area contributed by atoms with Crippen LogP contribution >= 0.6 is 0 Å². The molecule has 0 bridgehead atoms. The summed E-state index contributed by atoms with van der Waals surface area (Å²) in [7, 11) is 0. The van der Waals surface area contributed by atoms with Crippen LogP contribution in [-0.4, -0.2) is 35.1 Å². The molecule has 92 valence electrons. The Balaban J connectivity index is 4.76. The van der Waals surface area contributed by atoms with E-state index in [4.69, 9.17) is 10.4 Å². The number of aliphatic hydroxyl groups excluding tert-OH is 1. The lowest BCUT2D eigenvalue weighted by atomic mass is 10.0. The number of aliphatic hydroxyl groups is 1. The lowest BCUT2D eigenvalue weighted by molar-refractivity contribution is -0.137. The Morgan fingerprint density at radius 1 is 1.31 bits per heavy atom. The molecule has 1 amide bonds. The Bertz CT molecular complexity index is 244. The molecule has 1 atom stereocenters. The second kappa shape index (κ2) is 8.12. The van der Waals surface area contributed by atoms with Crippen LogP contribution in [0.15, 0.2) is 0 Å². The summed E-state index contributed by atoms with van der Waals surface area (Å²) in [4.78, 5) is 13.7. The molecule has 0 saturated carbocycles. The predicted octanol–water partition coefficient (Wildman–Crippen LogP) is 1.55. The topological polar surface area (TPSA) is 64.3 Å². The van der Waals surface area contributed by atoms with Crippen molar-refractivity contribution in [3.05, 3.63) is 0 Å². The first-order chi connectivity index (χ1) is 7.65. The van der Waals surface area contributed by atoms with Crippen molar-refractivity contribution in [3.8, 4) is 6.07 Å². The summed E-state index contributed by atoms with van der Waals surface area (Å²) in [5.41, 5.74) is 0. The number of hydrogen-bond donors (Lipinski definition) is 1. The number of amides is 1.